The Balaban J connectivity index is 0.00000256. The molecular weight excluding hydrogens is 258 g/mol. The summed E-state index contributed by atoms with van der Waals surface area (Å²) in [5.41, 5.74) is 0. The van der Waals surface area contributed by atoms with Crippen LogP contribution in [0.1, 0.15) is 13.3 Å². The summed E-state index contributed by atoms with van der Waals surface area (Å²) in [4.78, 5) is 22.4. The van der Waals surface area contributed by atoms with Gasteiger partial charge in [0, 0.05) is 6.42 Å². The van der Waals surface area contributed by atoms with Crippen molar-refractivity contribution in [2.75, 3.05) is 13.7 Å². The van der Waals surface area contributed by atoms with E-state index in [1.54, 1.807) is 0 Å². The summed E-state index contributed by atoms with van der Waals surface area (Å²) in [6, 6.07) is -1.80. The fourth-order valence-corrected chi connectivity index (χ4v) is 1.45. The average molecular weight is 273 g/mol. The van der Waals surface area contributed by atoms with Gasteiger partial charge >= 0.3 is 5.97 Å². The van der Waals surface area contributed by atoms with Crippen molar-refractivity contribution in [1.29, 1.82) is 0 Å². The van der Waals surface area contributed by atoms with Crippen LogP contribution in [0, 0.1) is 0 Å². The van der Waals surface area contributed by atoms with Gasteiger partial charge in [-0.05, 0) is 6.92 Å². The van der Waals surface area contributed by atoms with E-state index in [0.29, 0.717) is 0 Å². The molecule has 2 N–H and O–H groups in total. The highest BCUT2D eigenvalue weighted by Gasteiger charge is 2.42. The number of carbonyl (C=O) groups is 2. The molecule has 2 atom stereocenters. The lowest BCUT2D eigenvalue weighted by atomic mass is 10.1. The summed E-state index contributed by atoms with van der Waals surface area (Å²) in [6.07, 6.45) is -0.549. The van der Waals surface area contributed by atoms with Crippen molar-refractivity contribution in [3.05, 3.63) is 0 Å². The van der Waals surface area contributed by atoms with E-state index in [-0.39, 0.29) is 12.4 Å². The zero-order chi connectivity index (χ0) is 12.3. The average Bonchev–Trinajstić information content (AvgIpc) is 2.57. The van der Waals surface area contributed by atoms with Gasteiger partial charge in [0.2, 0.25) is 5.91 Å². The number of amides is 1. The van der Waals surface area contributed by atoms with Crippen molar-refractivity contribution >= 4 is 24.3 Å². The van der Waals surface area contributed by atoms with Gasteiger partial charge in [0.25, 0.3) is 5.92 Å². The SMILES string of the molecule is COC(=O)[C@@H](C)NC(=O)C1CC(F)(F)CN1.Cl. The Labute approximate surface area is 104 Å². The van der Waals surface area contributed by atoms with Crippen LogP contribution < -0.4 is 10.6 Å². The van der Waals surface area contributed by atoms with E-state index in [9.17, 15) is 18.4 Å². The molecule has 5 nitrogen and oxygen atoms in total. The molecule has 1 rings (SSSR count). The lowest BCUT2D eigenvalue weighted by Crippen LogP contribution is -2.47. The topological polar surface area (TPSA) is 67.4 Å². The van der Waals surface area contributed by atoms with Crippen LogP contribution in [0.15, 0.2) is 0 Å². The van der Waals surface area contributed by atoms with E-state index >= 15 is 0 Å². The minimum absolute atomic E-state index is 0. The number of esters is 1. The number of hydrogen-bond donors (Lipinski definition) is 2. The minimum Gasteiger partial charge on any atom is -0.467 e. The predicted molar refractivity (Wildman–Crippen MR) is 58.2 cm³/mol. The standard InChI is InChI=1S/C9H14F2N2O3.ClH/c1-5(8(15)16-2)13-7(14)6-3-9(10,11)4-12-6;/h5-6,12H,3-4H2,1-2H3,(H,13,14);1H/t5-,6?;/m1./s1. The van der Waals surface area contributed by atoms with Gasteiger partial charge in [0.15, 0.2) is 0 Å². The van der Waals surface area contributed by atoms with Crippen LogP contribution in [0.2, 0.25) is 0 Å². The van der Waals surface area contributed by atoms with Gasteiger partial charge in [-0.15, -0.1) is 12.4 Å². The second-order valence-electron chi connectivity index (χ2n) is 3.75. The highest BCUT2D eigenvalue weighted by Crippen LogP contribution is 2.25. The molecule has 100 valence electrons. The summed E-state index contributed by atoms with van der Waals surface area (Å²) in [5, 5.41) is 4.70. The molecule has 1 amide bonds. The van der Waals surface area contributed by atoms with Crippen LogP contribution in [0.4, 0.5) is 8.78 Å². The fraction of sp³-hybridized carbons (Fsp3) is 0.778. The molecule has 1 fully saturated rings. The molecule has 1 heterocycles. The third-order valence-corrected chi connectivity index (χ3v) is 2.34. The monoisotopic (exact) mass is 272 g/mol. The quantitative estimate of drug-likeness (QED) is 0.714. The van der Waals surface area contributed by atoms with Crippen molar-refractivity contribution in [3.8, 4) is 0 Å². The molecule has 17 heavy (non-hydrogen) atoms. The maximum Gasteiger partial charge on any atom is 0.328 e. The smallest absolute Gasteiger partial charge is 0.328 e. The molecule has 0 aliphatic carbocycles. The summed E-state index contributed by atoms with van der Waals surface area (Å²) in [5.74, 6) is -4.09. The van der Waals surface area contributed by atoms with Gasteiger partial charge in [-0.2, -0.15) is 0 Å². The van der Waals surface area contributed by atoms with Crippen molar-refractivity contribution in [3.63, 3.8) is 0 Å². The maximum absolute atomic E-state index is 12.8. The molecule has 1 aliphatic rings. The lowest BCUT2D eigenvalue weighted by Gasteiger charge is -2.15. The third-order valence-electron chi connectivity index (χ3n) is 2.34. The fourth-order valence-electron chi connectivity index (χ4n) is 1.45. The lowest BCUT2D eigenvalue weighted by molar-refractivity contribution is -0.144. The summed E-state index contributed by atoms with van der Waals surface area (Å²) in [7, 11) is 1.19. The highest BCUT2D eigenvalue weighted by molar-refractivity contribution is 5.87. The number of rotatable bonds is 3. The molecule has 0 aromatic heterocycles. The molecule has 8 heteroatoms. The van der Waals surface area contributed by atoms with Gasteiger partial charge < -0.3 is 10.1 Å². The van der Waals surface area contributed by atoms with Crippen LogP contribution in [-0.4, -0.2) is 43.5 Å². The van der Waals surface area contributed by atoms with Gasteiger partial charge in [0.1, 0.15) is 6.04 Å². The largest absolute Gasteiger partial charge is 0.467 e. The predicted octanol–water partition coefficient (Wildman–Crippen LogP) is 0.0831. The first-order chi connectivity index (χ1) is 7.35. The van der Waals surface area contributed by atoms with E-state index in [1.807, 2.05) is 0 Å². The van der Waals surface area contributed by atoms with Gasteiger partial charge in [-0.25, -0.2) is 13.6 Å². The summed E-state index contributed by atoms with van der Waals surface area (Å²) >= 11 is 0. The van der Waals surface area contributed by atoms with E-state index in [4.69, 9.17) is 0 Å². The molecule has 1 unspecified atom stereocenters. The second-order valence-corrected chi connectivity index (χ2v) is 3.75. The van der Waals surface area contributed by atoms with E-state index in [2.05, 4.69) is 15.4 Å². The number of hydrogen-bond acceptors (Lipinski definition) is 4. The Morgan fingerprint density at radius 2 is 2.12 bits per heavy atom. The number of ether oxygens (including phenoxy) is 1. The second kappa shape index (κ2) is 6.11. The Kier molecular flexibility index (Phi) is 5.77. The first-order valence-electron chi connectivity index (χ1n) is 4.85. The molecule has 0 saturated carbocycles. The normalized spacial score (nSPS) is 23.4. The maximum atomic E-state index is 12.8. The number of methoxy groups -OCH3 is 1. The van der Waals surface area contributed by atoms with Gasteiger partial charge in [-0.1, -0.05) is 0 Å². The summed E-state index contributed by atoms with van der Waals surface area (Å²) in [6.45, 7) is 0.911. The molecule has 1 saturated heterocycles. The van der Waals surface area contributed by atoms with Crippen LogP contribution in [-0.2, 0) is 14.3 Å². The molecule has 1 aliphatic heterocycles. The van der Waals surface area contributed by atoms with Gasteiger partial charge in [0.05, 0.1) is 19.7 Å². The molecular formula is C9H15ClF2N2O3. The van der Waals surface area contributed by atoms with E-state index in [0.717, 1.165) is 0 Å². The van der Waals surface area contributed by atoms with Crippen LogP contribution in [0.3, 0.4) is 0 Å². The third kappa shape index (κ3) is 4.43. The van der Waals surface area contributed by atoms with Crippen molar-refractivity contribution < 1.29 is 23.1 Å². The number of alkyl halides is 2. The van der Waals surface area contributed by atoms with Crippen LogP contribution in [0.5, 0.6) is 0 Å². The number of nitrogens with one attached hydrogen (secondary N) is 2. The molecule has 0 aromatic carbocycles. The molecule has 0 radical (unpaired) electrons. The number of halogens is 3. The van der Waals surface area contributed by atoms with Crippen molar-refractivity contribution in [2.45, 2.75) is 31.4 Å². The highest BCUT2D eigenvalue weighted by atomic mass is 35.5. The Hall–Kier alpha value is -0.950. The van der Waals surface area contributed by atoms with E-state index in [1.165, 1.54) is 14.0 Å². The van der Waals surface area contributed by atoms with Crippen LogP contribution in [0.25, 0.3) is 0 Å². The zero-order valence-corrected chi connectivity index (χ0v) is 10.3. The first kappa shape index (κ1) is 16.1. The Bertz CT molecular complexity index is 302. The Morgan fingerprint density at radius 3 is 2.53 bits per heavy atom. The molecule has 0 bridgehead atoms. The number of carbonyl (C=O) groups excluding carboxylic acids is 2. The summed E-state index contributed by atoms with van der Waals surface area (Å²) < 4.78 is 30.0. The van der Waals surface area contributed by atoms with Crippen molar-refractivity contribution in [1.82, 2.24) is 10.6 Å². The molecule has 0 aromatic rings. The Morgan fingerprint density at radius 1 is 1.53 bits per heavy atom. The van der Waals surface area contributed by atoms with Crippen LogP contribution >= 0.6 is 12.4 Å². The zero-order valence-electron chi connectivity index (χ0n) is 9.46. The van der Waals surface area contributed by atoms with E-state index < -0.39 is 42.8 Å². The first-order valence-corrected chi connectivity index (χ1v) is 4.85. The van der Waals surface area contributed by atoms with Gasteiger partial charge in [-0.3, -0.25) is 10.1 Å². The van der Waals surface area contributed by atoms with Crippen molar-refractivity contribution in [2.24, 2.45) is 0 Å². The molecule has 0 spiro atoms. The minimum atomic E-state index is -2.86.